The maximum Gasteiger partial charge on any atom is 0.313 e. The lowest BCUT2D eigenvalue weighted by molar-refractivity contribution is -0.161. The molecule has 41 heavy (non-hydrogen) atoms. The first kappa shape index (κ1) is 27.2. The minimum absolute atomic E-state index is 0.204. The number of hydrogen-bond acceptors (Lipinski definition) is 7. The molecule has 2 saturated heterocycles. The largest absolute Gasteiger partial charge is 0.497 e. The van der Waals surface area contributed by atoms with Gasteiger partial charge in [0.15, 0.2) is 0 Å². The monoisotopic (exact) mass is 558 g/mol. The molecule has 0 radical (unpaired) electrons. The molecule has 4 heterocycles. The average molecular weight is 559 g/mol. The molecule has 6 rings (SSSR count). The number of amides is 2. The number of carbonyl (C=O) groups is 3. The highest BCUT2D eigenvalue weighted by Gasteiger charge is 2.76. The number of anilines is 1. The van der Waals surface area contributed by atoms with Gasteiger partial charge in [-0.1, -0.05) is 61.6 Å². The highest BCUT2D eigenvalue weighted by Crippen LogP contribution is 2.59. The van der Waals surface area contributed by atoms with Crippen molar-refractivity contribution in [3.8, 4) is 5.75 Å². The molecule has 4 aliphatic heterocycles. The van der Waals surface area contributed by atoms with E-state index in [1.54, 1.807) is 42.4 Å². The Hall–Kier alpha value is -3.95. The summed E-state index contributed by atoms with van der Waals surface area (Å²) in [4.78, 5) is 46.0. The number of carbonyl (C=O) groups excluding carboxylic acids is 3. The second kappa shape index (κ2) is 10.5. The Balaban J connectivity index is 1.54. The van der Waals surface area contributed by atoms with Crippen molar-refractivity contribution in [2.45, 2.75) is 43.1 Å². The van der Waals surface area contributed by atoms with Crippen LogP contribution < -0.4 is 9.64 Å². The Labute approximate surface area is 239 Å². The van der Waals surface area contributed by atoms with Gasteiger partial charge in [-0.05, 0) is 42.7 Å². The predicted molar refractivity (Wildman–Crippen MR) is 150 cm³/mol. The van der Waals surface area contributed by atoms with E-state index in [1.807, 2.05) is 55.5 Å². The first-order valence-corrected chi connectivity index (χ1v) is 14.1. The van der Waals surface area contributed by atoms with E-state index in [4.69, 9.17) is 14.2 Å². The minimum Gasteiger partial charge on any atom is -0.497 e. The van der Waals surface area contributed by atoms with E-state index < -0.39 is 53.6 Å². The summed E-state index contributed by atoms with van der Waals surface area (Å²) in [6, 6.07) is 14.3. The fourth-order valence-corrected chi connectivity index (χ4v) is 7.03. The smallest absolute Gasteiger partial charge is 0.313 e. The lowest BCUT2D eigenvalue weighted by Crippen LogP contribution is -2.57. The third-order valence-corrected chi connectivity index (χ3v) is 8.92. The number of likely N-dealkylation sites (tertiary alicyclic amines) is 1. The first-order chi connectivity index (χ1) is 19.9. The van der Waals surface area contributed by atoms with Crippen molar-refractivity contribution in [1.29, 1.82) is 0 Å². The Morgan fingerprint density at radius 2 is 1.76 bits per heavy atom. The summed E-state index contributed by atoms with van der Waals surface area (Å²) in [5, 5.41) is 10.7. The fraction of sp³-hybridized carbons (Fsp3) is 0.406. The lowest BCUT2D eigenvalue weighted by atomic mass is 9.73. The van der Waals surface area contributed by atoms with Gasteiger partial charge in [0, 0.05) is 12.2 Å². The fourth-order valence-electron chi connectivity index (χ4n) is 7.03. The van der Waals surface area contributed by atoms with Gasteiger partial charge >= 0.3 is 5.97 Å². The van der Waals surface area contributed by atoms with E-state index in [0.717, 1.165) is 0 Å². The summed E-state index contributed by atoms with van der Waals surface area (Å²) >= 11 is 0. The number of aliphatic hydroxyl groups excluding tert-OH is 1. The van der Waals surface area contributed by atoms with Gasteiger partial charge in [-0.15, -0.1) is 0 Å². The van der Waals surface area contributed by atoms with Crippen LogP contribution in [-0.4, -0.2) is 71.9 Å². The molecule has 0 bridgehead atoms. The van der Waals surface area contributed by atoms with Gasteiger partial charge in [0.1, 0.15) is 28.9 Å². The maximum atomic E-state index is 14.7. The molecule has 6 atom stereocenters. The number of ether oxygens (including phenoxy) is 3. The summed E-state index contributed by atoms with van der Waals surface area (Å²) in [5.74, 6) is -2.61. The summed E-state index contributed by atoms with van der Waals surface area (Å²) in [6.45, 7) is 1.94. The van der Waals surface area contributed by atoms with Crippen molar-refractivity contribution in [2.75, 3.05) is 31.8 Å². The van der Waals surface area contributed by atoms with Crippen LogP contribution in [0.4, 0.5) is 5.69 Å². The molecule has 0 aromatic heterocycles. The number of nitrogens with zero attached hydrogens (tertiary/aromatic N) is 2. The zero-order chi connectivity index (χ0) is 28.8. The van der Waals surface area contributed by atoms with Gasteiger partial charge in [-0.25, -0.2) is 0 Å². The summed E-state index contributed by atoms with van der Waals surface area (Å²) in [7, 11) is 1.57. The number of benzene rings is 2. The summed E-state index contributed by atoms with van der Waals surface area (Å²) in [5.41, 5.74) is -1.27. The zero-order valence-electron chi connectivity index (χ0n) is 23.1. The van der Waals surface area contributed by atoms with Crippen LogP contribution in [0.5, 0.6) is 5.75 Å². The number of esters is 1. The Morgan fingerprint density at radius 1 is 1.00 bits per heavy atom. The van der Waals surface area contributed by atoms with Crippen LogP contribution in [0, 0.1) is 11.8 Å². The summed E-state index contributed by atoms with van der Waals surface area (Å²) in [6.07, 6.45) is 8.37. The van der Waals surface area contributed by atoms with Crippen LogP contribution in [0.3, 0.4) is 0 Å². The molecule has 214 valence electrons. The number of aliphatic hydroxyl groups is 1. The average Bonchev–Trinajstić information content (AvgIpc) is 3.34. The second-order valence-corrected chi connectivity index (χ2v) is 10.9. The van der Waals surface area contributed by atoms with Gasteiger partial charge < -0.3 is 29.1 Å². The van der Waals surface area contributed by atoms with Crippen molar-refractivity contribution in [3.63, 3.8) is 0 Å². The molecular weight excluding hydrogens is 524 g/mol. The van der Waals surface area contributed by atoms with Crippen molar-refractivity contribution >= 4 is 23.5 Å². The Morgan fingerprint density at radius 3 is 2.44 bits per heavy atom. The molecule has 0 saturated carbocycles. The molecular formula is C32H34N2O7. The minimum atomic E-state index is -1.45. The number of fused-ring (bicyclic) bond motifs is 2. The molecule has 4 aliphatic rings. The molecule has 2 aromatic carbocycles. The third kappa shape index (κ3) is 4.09. The van der Waals surface area contributed by atoms with E-state index in [-0.39, 0.29) is 19.1 Å². The first-order valence-electron chi connectivity index (χ1n) is 14.1. The quantitative estimate of drug-likeness (QED) is 0.429. The van der Waals surface area contributed by atoms with E-state index in [0.29, 0.717) is 29.8 Å². The van der Waals surface area contributed by atoms with E-state index in [1.165, 1.54) is 4.90 Å². The highest BCUT2D eigenvalue weighted by atomic mass is 16.6. The van der Waals surface area contributed by atoms with Gasteiger partial charge in [-0.3, -0.25) is 14.4 Å². The van der Waals surface area contributed by atoms with Crippen LogP contribution in [0.2, 0.25) is 0 Å². The molecule has 1 spiro atoms. The SMILES string of the molecule is CC[C@@]12C=CCCOC(=O)[C@@H]1[C@H]1C(=O)N([C@H](CO)c3ccccc3)C3C(=O)N(c4ccc(OC)cc4)CC=C[C@@]31O2. The van der Waals surface area contributed by atoms with Crippen molar-refractivity contribution in [3.05, 3.63) is 84.5 Å². The van der Waals surface area contributed by atoms with E-state index in [9.17, 15) is 19.5 Å². The molecule has 9 nitrogen and oxygen atoms in total. The maximum absolute atomic E-state index is 14.7. The van der Waals surface area contributed by atoms with E-state index in [2.05, 4.69) is 0 Å². The van der Waals surface area contributed by atoms with Crippen molar-refractivity contribution in [1.82, 2.24) is 4.90 Å². The highest BCUT2D eigenvalue weighted by molar-refractivity contribution is 6.06. The number of rotatable bonds is 6. The molecule has 0 aliphatic carbocycles. The van der Waals surface area contributed by atoms with Gasteiger partial charge in [0.2, 0.25) is 5.91 Å². The van der Waals surface area contributed by atoms with Crippen LogP contribution in [0.25, 0.3) is 0 Å². The molecule has 2 fully saturated rings. The van der Waals surface area contributed by atoms with E-state index >= 15 is 0 Å². The Bertz CT molecular complexity index is 1390. The number of methoxy groups -OCH3 is 1. The molecule has 1 N–H and O–H groups in total. The summed E-state index contributed by atoms with van der Waals surface area (Å²) < 4.78 is 17.9. The normalized spacial score (nSPS) is 31.5. The molecule has 2 aromatic rings. The van der Waals surface area contributed by atoms with Crippen molar-refractivity contribution < 1.29 is 33.7 Å². The van der Waals surface area contributed by atoms with Crippen LogP contribution >= 0.6 is 0 Å². The predicted octanol–water partition coefficient (Wildman–Crippen LogP) is 3.20. The Kier molecular flexibility index (Phi) is 6.95. The third-order valence-electron chi connectivity index (χ3n) is 8.92. The van der Waals surface area contributed by atoms with Gasteiger partial charge in [0.05, 0.1) is 32.3 Å². The van der Waals surface area contributed by atoms with Crippen molar-refractivity contribution in [2.24, 2.45) is 11.8 Å². The molecule has 1 unspecified atom stereocenters. The van der Waals surface area contributed by atoms with Gasteiger partial charge in [-0.2, -0.15) is 0 Å². The lowest BCUT2D eigenvalue weighted by Gasteiger charge is -2.41. The molecule has 9 heteroatoms. The zero-order valence-corrected chi connectivity index (χ0v) is 23.1. The number of hydrogen-bond donors (Lipinski definition) is 1. The topological polar surface area (TPSA) is 106 Å². The van der Waals surface area contributed by atoms with Crippen LogP contribution in [0.1, 0.15) is 31.4 Å². The second-order valence-electron chi connectivity index (χ2n) is 10.9. The van der Waals surface area contributed by atoms with Crippen LogP contribution in [0.15, 0.2) is 78.9 Å². The molecule has 2 amide bonds. The number of cyclic esters (lactones) is 1. The van der Waals surface area contributed by atoms with Gasteiger partial charge in [0.25, 0.3) is 5.91 Å². The standard InChI is InChI=1S/C32H34N2O7/c1-3-31-16-7-8-19-40-30(38)26(31)25-28(36)34(24(20-35)21-10-5-4-6-11-21)27-29(37)33(18-9-17-32(25,27)41-31)22-12-14-23(39-2)15-13-22/h4-7,9-17,24-27,35H,3,8,18-20H2,1-2H3/t24-,25+,26+,27?,31-,32+/m1/s1. The van der Waals surface area contributed by atoms with Crippen LogP contribution in [-0.2, 0) is 23.9 Å².